The topological polar surface area (TPSA) is 95.5 Å². The van der Waals surface area contributed by atoms with E-state index < -0.39 is 10.0 Å². The first kappa shape index (κ1) is 20.1. The van der Waals surface area contributed by atoms with Crippen LogP contribution in [0.15, 0.2) is 35.5 Å². The molecular formula is C16H20ClN5O3S. The Labute approximate surface area is 157 Å². The number of nitrogens with zero attached hydrogens (tertiary/aromatic N) is 4. The summed E-state index contributed by atoms with van der Waals surface area (Å²) in [6.07, 6.45) is 1.36. The molecule has 2 aromatic rings. The number of rotatable bonds is 6. The highest BCUT2D eigenvalue weighted by atomic mass is 35.5. The van der Waals surface area contributed by atoms with Crippen LogP contribution in [0.5, 0.6) is 0 Å². The predicted molar refractivity (Wildman–Crippen MR) is 99.9 cm³/mol. The minimum absolute atomic E-state index is 0.0913. The summed E-state index contributed by atoms with van der Waals surface area (Å²) in [5.74, 6) is 0.350. The van der Waals surface area contributed by atoms with E-state index in [0.29, 0.717) is 16.9 Å². The molecule has 0 aliphatic rings. The van der Waals surface area contributed by atoms with Crippen molar-refractivity contribution in [3.05, 3.63) is 46.9 Å². The fourth-order valence-corrected chi connectivity index (χ4v) is 3.25. The molecule has 1 heterocycles. The lowest BCUT2D eigenvalue weighted by atomic mass is 10.2. The van der Waals surface area contributed by atoms with Crippen molar-refractivity contribution in [2.45, 2.75) is 11.4 Å². The first-order valence-corrected chi connectivity index (χ1v) is 9.49. The normalized spacial score (nSPS) is 11.3. The SMILES string of the molecule is CNS(=O)(=O)c1ccc(C(=O)N(C)Cc2c(Cl)ncnc2N(C)C)cc1. The Hall–Kier alpha value is -2.23. The molecule has 1 aromatic heterocycles. The van der Waals surface area contributed by atoms with Gasteiger partial charge in [-0.05, 0) is 31.3 Å². The van der Waals surface area contributed by atoms with Crippen molar-refractivity contribution >= 4 is 33.3 Å². The van der Waals surface area contributed by atoms with E-state index >= 15 is 0 Å². The Bertz CT molecular complexity index is 901. The van der Waals surface area contributed by atoms with E-state index in [1.165, 1.54) is 42.5 Å². The molecule has 0 saturated carbocycles. The number of aromatic nitrogens is 2. The highest BCUT2D eigenvalue weighted by Crippen LogP contribution is 2.24. The summed E-state index contributed by atoms with van der Waals surface area (Å²) in [6, 6.07) is 5.71. The second kappa shape index (κ2) is 7.98. The van der Waals surface area contributed by atoms with Gasteiger partial charge < -0.3 is 9.80 Å². The third-order valence-corrected chi connectivity index (χ3v) is 5.47. The standard InChI is InChI=1S/C16H20ClN5O3S/c1-18-26(24,25)12-7-5-11(6-8-12)16(23)22(4)9-13-14(17)19-10-20-15(13)21(2)3/h5-8,10,18H,9H2,1-4H3. The lowest BCUT2D eigenvalue weighted by Gasteiger charge is -2.22. The zero-order chi connectivity index (χ0) is 19.5. The molecule has 0 saturated heterocycles. The van der Waals surface area contributed by atoms with Gasteiger partial charge in [-0.15, -0.1) is 0 Å². The van der Waals surface area contributed by atoms with Crippen LogP contribution < -0.4 is 9.62 Å². The van der Waals surface area contributed by atoms with Gasteiger partial charge in [0.1, 0.15) is 17.3 Å². The van der Waals surface area contributed by atoms with E-state index in [0.717, 1.165) is 0 Å². The zero-order valence-electron chi connectivity index (χ0n) is 14.9. The second-order valence-corrected chi connectivity index (χ2v) is 8.00. The van der Waals surface area contributed by atoms with Crippen LogP contribution in [0.1, 0.15) is 15.9 Å². The molecule has 10 heteroatoms. The van der Waals surface area contributed by atoms with Crippen molar-refractivity contribution in [1.82, 2.24) is 19.6 Å². The average molecular weight is 398 g/mol. The Balaban J connectivity index is 2.24. The third-order valence-electron chi connectivity index (χ3n) is 3.72. The molecule has 140 valence electrons. The molecule has 0 radical (unpaired) electrons. The molecule has 2 rings (SSSR count). The van der Waals surface area contributed by atoms with Gasteiger partial charge in [0.05, 0.1) is 17.0 Å². The van der Waals surface area contributed by atoms with Crippen molar-refractivity contribution in [1.29, 1.82) is 0 Å². The monoisotopic (exact) mass is 397 g/mol. The molecule has 1 aromatic carbocycles. The lowest BCUT2D eigenvalue weighted by Crippen LogP contribution is -2.28. The Morgan fingerprint density at radius 2 is 1.77 bits per heavy atom. The summed E-state index contributed by atoms with van der Waals surface area (Å²) in [4.78, 5) is 24.2. The number of carbonyl (C=O) groups excluding carboxylic acids is 1. The average Bonchev–Trinajstić information content (AvgIpc) is 2.62. The number of benzene rings is 1. The Morgan fingerprint density at radius 1 is 1.15 bits per heavy atom. The first-order valence-electron chi connectivity index (χ1n) is 7.63. The summed E-state index contributed by atoms with van der Waals surface area (Å²) in [7, 11) is 3.06. The molecule has 8 nitrogen and oxygen atoms in total. The van der Waals surface area contributed by atoms with Crippen molar-refractivity contribution in [2.24, 2.45) is 0 Å². The summed E-state index contributed by atoms with van der Waals surface area (Å²) in [6.45, 7) is 0.211. The molecule has 0 bridgehead atoms. The first-order chi connectivity index (χ1) is 12.2. The van der Waals surface area contributed by atoms with E-state index in [4.69, 9.17) is 11.6 Å². The quantitative estimate of drug-likeness (QED) is 0.740. The van der Waals surface area contributed by atoms with Crippen molar-refractivity contribution in [3.8, 4) is 0 Å². The summed E-state index contributed by atoms with van der Waals surface area (Å²) >= 11 is 6.17. The molecule has 0 aliphatic carbocycles. The van der Waals surface area contributed by atoms with E-state index in [9.17, 15) is 13.2 Å². The fraction of sp³-hybridized carbons (Fsp3) is 0.312. The number of amides is 1. The van der Waals surface area contributed by atoms with Crippen LogP contribution in [0.4, 0.5) is 5.82 Å². The van der Waals surface area contributed by atoms with E-state index in [2.05, 4.69) is 14.7 Å². The van der Waals surface area contributed by atoms with Crippen molar-refractivity contribution in [3.63, 3.8) is 0 Å². The smallest absolute Gasteiger partial charge is 0.253 e. The summed E-state index contributed by atoms with van der Waals surface area (Å²) in [5, 5.41) is 0.277. The Morgan fingerprint density at radius 3 is 2.31 bits per heavy atom. The van der Waals surface area contributed by atoms with Gasteiger partial charge in [0.25, 0.3) is 5.91 Å². The molecule has 0 aliphatic heterocycles. The molecule has 0 atom stereocenters. The molecule has 26 heavy (non-hydrogen) atoms. The van der Waals surface area contributed by atoms with Crippen LogP contribution in [0, 0.1) is 0 Å². The van der Waals surface area contributed by atoms with Gasteiger partial charge in [0.2, 0.25) is 10.0 Å². The van der Waals surface area contributed by atoms with Crippen LogP contribution in [-0.4, -0.2) is 57.4 Å². The van der Waals surface area contributed by atoms with Crippen LogP contribution in [0.2, 0.25) is 5.15 Å². The third kappa shape index (κ3) is 4.29. The van der Waals surface area contributed by atoms with Crippen LogP contribution in [-0.2, 0) is 16.6 Å². The van der Waals surface area contributed by atoms with Gasteiger partial charge in [-0.25, -0.2) is 23.1 Å². The van der Waals surface area contributed by atoms with Crippen molar-refractivity contribution < 1.29 is 13.2 Å². The minimum Gasteiger partial charge on any atom is -0.362 e. The molecule has 0 spiro atoms. The second-order valence-electron chi connectivity index (χ2n) is 5.75. The number of sulfonamides is 1. The summed E-state index contributed by atoms with van der Waals surface area (Å²) < 4.78 is 25.7. The minimum atomic E-state index is -3.54. The number of anilines is 1. The van der Waals surface area contributed by atoms with Crippen LogP contribution >= 0.6 is 11.6 Å². The maximum atomic E-state index is 12.6. The number of nitrogens with one attached hydrogen (secondary N) is 1. The molecule has 1 amide bonds. The molecular weight excluding hydrogens is 378 g/mol. The van der Waals surface area contributed by atoms with E-state index in [1.807, 2.05) is 14.1 Å². The summed E-state index contributed by atoms with van der Waals surface area (Å²) in [5.41, 5.74) is 0.992. The van der Waals surface area contributed by atoms with Gasteiger partial charge in [0, 0.05) is 26.7 Å². The van der Waals surface area contributed by atoms with Gasteiger partial charge in [-0.2, -0.15) is 0 Å². The largest absolute Gasteiger partial charge is 0.362 e. The molecule has 0 unspecified atom stereocenters. The van der Waals surface area contributed by atoms with Gasteiger partial charge in [0.15, 0.2) is 0 Å². The maximum absolute atomic E-state index is 12.6. The number of hydrogen-bond donors (Lipinski definition) is 1. The predicted octanol–water partition coefficient (Wildman–Crippen LogP) is 1.38. The van der Waals surface area contributed by atoms with E-state index in [-0.39, 0.29) is 22.5 Å². The number of halogens is 1. The number of carbonyl (C=O) groups is 1. The van der Waals surface area contributed by atoms with Gasteiger partial charge >= 0.3 is 0 Å². The molecule has 0 fully saturated rings. The Kier molecular flexibility index (Phi) is 6.17. The van der Waals surface area contributed by atoms with Crippen LogP contribution in [0.25, 0.3) is 0 Å². The van der Waals surface area contributed by atoms with Crippen LogP contribution in [0.3, 0.4) is 0 Å². The van der Waals surface area contributed by atoms with Gasteiger partial charge in [-0.3, -0.25) is 4.79 Å². The van der Waals surface area contributed by atoms with E-state index in [1.54, 1.807) is 11.9 Å². The maximum Gasteiger partial charge on any atom is 0.253 e. The number of hydrogen-bond acceptors (Lipinski definition) is 6. The highest BCUT2D eigenvalue weighted by molar-refractivity contribution is 7.89. The van der Waals surface area contributed by atoms with Gasteiger partial charge in [-0.1, -0.05) is 11.6 Å². The lowest BCUT2D eigenvalue weighted by molar-refractivity contribution is 0.0785. The fourth-order valence-electron chi connectivity index (χ4n) is 2.33. The highest BCUT2D eigenvalue weighted by Gasteiger charge is 2.19. The zero-order valence-corrected chi connectivity index (χ0v) is 16.5. The molecule has 1 N–H and O–H groups in total. The van der Waals surface area contributed by atoms with Crippen molar-refractivity contribution in [2.75, 3.05) is 33.1 Å².